The Bertz CT molecular complexity index is 357. The van der Waals surface area contributed by atoms with Crippen molar-refractivity contribution in [2.75, 3.05) is 23.7 Å². The highest BCUT2D eigenvalue weighted by molar-refractivity contribution is 5.66. The molecule has 0 radical (unpaired) electrons. The van der Waals surface area contributed by atoms with E-state index in [0.29, 0.717) is 0 Å². The fourth-order valence-corrected chi connectivity index (χ4v) is 1.78. The summed E-state index contributed by atoms with van der Waals surface area (Å²) in [4.78, 5) is 6.38. The van der Waals surface area contributed by atoms with Crippen LogP contribution in [0.25, 0.3) is 0 Å². The molecule has 0 aromatic carbocycles. The normalized spacial score (nSPS) is 16.6. The van der Waals surface area contributed by atoms with Crippen LogP contribution >= 0.6 is 0 Å². The van der Waals surface area contributed by atoms with Crippen LogP contribution in [-0.4, -0.2) is 18.1 Å². The summed E-state index contributed by atoms with van der Waals surface area (Å²) in [5.41, 5.74) is 9.17. The minimum Gasteiger partial charge on any atom is -0.397 e. The van der Waals surface area contributed by atoms with Crippen LogP contribution in [0.4, 0.5) is 11.4 Å². The van der Waals surface area contributed by atoms with Crippen LogP contribution in [0.1, 0.15) is 13.3 Å². The SMILES string of the molecule is CC1=CCCN(c2cnccc2N)C1. The first-order chi connectivity index (χ1) is 6.77. The average Bonchev–Trinajstić information content (AvgIpc) is 2.18. The van der Waals surface area contributed by atoms with Crippen molar-refractivity contribution in [2.45, 2.75) is 13.3 Å². The van der Waals surface area contributed by atoms with Crippen molar-refractivity contribution in [3.8, 4) is 0 Å². The molecule has 2 N–H and O–H groups in total. The van der Waals surface area contributed by atoms with Crippen LogP contribution in [0.15, 0.2) is 30.1 Å². The van der Waals surface area contributed by atoms with Crippen LogP contribution in [0.3, 0.4) is 0 Å². The molecule has 0 amide bonds. The number of nitrogens with zero attached hydrogens (tertiary/aromatic N) is 2. The van der Waals surface area contributed by atoms with Crippen LogP contribution in [0.5, 0.6) is 0 Å². The molecule has 3 heteroatoms. The molecule has 1 aromatic rings. The van der Waals surface area contributed by atoms with Crippen LogP contribution in [0.2, 0.25) is 0 Å². The summed E-state index contributed by atoms with van der Waals surface area (Å²) in [5.74, 6) is 0. The van der Waals surface area contributed by atoms with Gasteiger partial charge in [-0.2, -0.15) is 0 Å². The predicted molar refractivity (Wildman–Crippen MR) is 59.2 cm³/mol. The lowest BCUT2D eigenvalue weighted by atomic mass is 10.1. The van der Waals surface area contributed by atoms with Gasteiger partial charge in [-0.15, -0.1) is 0 Å². The molecule has 0 unspecified atom stereocenters. The lowest BCUT2D eigenvalue weighted by Gasteiger charge is -2.28. The number of hydrogen-bond donors (Lipinski definition) is 1. The van der Waals surface area contributed by atoms with Gasteiger partial charge < -0.3 is 10.6 Å². The van der Waals surface area contributed by atoms with Gasteiger partial charge in [0.15, 0.2) is 0 Å². The van der Waals surface area contributed by atoms with E-state index in [1.165, 1.54) is 5.57 Å². The summed E-state index contributed by atoms with van der Waals surface area (Å²) in [6, 6.07) is 1.85. The molecule has 0 spiro atoms. The van der Waals surface area contributed by atoms with Gasteiger partial charge in [0.05, 0.1) is 17.6 Å². The van der Waals surface area contributed by atoms with Crippen molar-refractivity contribution in [3.63, 3.8) is 0 Å². The van der Waals surface area contributed by atoms with E-state index in [1.807, 2.05) is 12.3 Å². The second-order valence-corrected chi connectivity index (χ2v) is 3.70. The number of pyridine rings is 1. The summed E-state index contributed by atoms with van der Waals surface area (Å²) < 4.78 is 0. The van der Waals surface area contributed by atoms with Gasteiger partial charge in [0, 0.05) is 19.3 Å². The Morgan fingerprint density at radius 2 is 2.36 bits per heavy atom. The molecule has 1 aliphatic rings. The molecule has 14 heavy (non-hydrogen) atoms. The zero-order valence-corrected chi connectivity index (χ0v) is 8.40. The fraction of sp³-hybridized carbons (Fsp3) is 0.364. The van der Waals surface area contributed by atoms with Crippen LogP contribution < -0.4 is 10.6 Å². The zero-order valence-electron chi connectivity index (χ0n) is 8.40. The van der Waals surface area contributed by atoms with Gasteiger partial charge in [0.1, 0.15) is 0 Å². The van der Waals surface area contributed by atoms with Crippen molar-refractivity contribution in [1.29, 1.82) is 0 Å². The maximum Gasteiger partial charge on any atom is 0.0789 e. The summed E-state index contributed by atoms with van der Waals surface area (Å²) >= 11 is 0. The molecule has 3 nitrogen and oxygen atoms in total. The second-order valence-electron chi connectivity index (χ2n) is 3.70. The van der Waals surface area contributed by atoms with Crippen LogP contribution in [-0.2, 0) is 0 Å². The first-order valence-electron chi connectivity index (χ1n) is 4.87. The highest BCUT2D eigenvalue weighted by Crippen LogP contribution is 2.24. The summed E-state index contributed by atoms with van der Waals surface area (Å²) in [6.45, 7) is 4.15. The van der Waals surface area contributed by atoms with Gasteiger partial charge in [-0.3, -0.25) is 4.98 Å². The van der Waals surface area contributed by atoms with E-state index in [-0.39, 0.29) is 0 Å². The monoisotopic (exact) mass is 189 g/mol. The minimum atomic E-state index is 0.815. The molecule has 0 atom stereocenters. The quantitative estimate of drug-likeness (QED) is 0.685. The van der Waals surface area contributed by atoms with Crippen molar-refractivity contribution in [3.05, 3.63) is 30.1 Å². The molecular formula is C11H15N3. The van der Waals surface area contributed by atoms with Crippen molar-refractivity contribution in [2.24, 2.45) is 0 Å². The molecule has 74 valence electrons. The highest BCUT2D eigenvalue weighted by atomic mass is 15.1. The standard InChI is InChI=1S/C11H15N3/c1-9-3-2-6-14(8-9)11-7-13-5-4-10(11)12/h3-5,7H,2,6,8H2,1H3,(H2,12,13). The number of hydrogen-bond acceptors (Lipinski definition) is 3. The Kier molecular flexibility index (Phi) is 2.39. The summed E-state index contributed by atoms with van der Waals surface area (Å²) in [6.07, 6.45) is 6.95. The third-order valence-corrected chi connectivity index (χ3v) is 2.51. The molecule has 1 aromatic heterocycles. The minimum absolute atomic E-state index is 0.815. The maximum absolute atomic E-state index is 5.90. The van der Waals surface area contributed by atoms with Gasteiger partial charge in [-0.05, 0) is 19.4 Å². The third-order valence-electron chi connectivity index (χ3n) is 2.51. The Morgan fingerprint density at radius 1 is 1.50 bits per heavy atom. The summed E-state index contributed by atoms with van der Waals surface area (Å²) in [7, 11) is 0. The topological polar surface area (TPSA) is 42.2 Å². The van der Waals surface area contributed by atoms with Crippen molar-refractivity contribution < 1.29 is 0 Å². The van der Waals surface area contributed by atoms with E-state index in [9.17, 15) is 0 Å². The molecule has 2 heterocycles. The largest absolute Gasteiger partial charge is 0.397 e. The molecule has 0 fully saturated rings. The lowest BCUT2D eigenvalue weighted by Crippen LogP contribution is -2.29. The number of anilines is 2. The maximum atomic E-state index is 5.90. The zero-order chi connectivity index (χ0) is 9.97. The number of aromatic nitrogens is 1. The lowest BCUT2D eigenvalue weighted by molar-refractivity contribution is 0.790. The molecular weight excluding hydrogens is 174 g/mol. The molecule has 2 rings (SSSR count). The Labute approximate surface area is 84.2 Å². The van der Waals surface area contributed by atoms with Crippen LogP contribution in [0, 0.1) is 0 Å². The van der Waals surface area contributed by atoms with E-state index in [4.69, 9.17) is 5.73 Å². The molecule has 1 aliphatic heterocycles. The van der Waals surface area contributed by atoms with Gasteiger partial charge in [0.2, 0.25) is 0 Å². The molecule has 0 aliphatic carbocycles. The van der Waals surface area contributed by atoms with Crippen molar-refractivity contribution in [1.82, 2.24) is 4.98 Å². The Morgan fingerprint density at radius 3 is 3.07 bits per heavy atom. The second kappa shape index (κ2) is 3.70. The van der Waals surface area contributed by atoms with Crippen molar-refractivity contribution >= 4 is 11.4 Å². The molecule has 0 saturated heterocycles. The van der Waals surface area contributed by atoms with E-state index in [2.05, 4.69) is 22.9 Å². The number of nitrogen functional groups attached to an aromatic ring is 1. The third kappa shape index (κ3) is 1.71. The van der Waals surface area contributed by atoms with Gasteiger partial charge in [-0.1, -0.05) is 11.6 Å². The van der Waals surface area contributed by atoms with E-state index >= 15 is 0 Å². The van der Waals surface area contributed by atoms with Gasteiger partial charge in [0.25, 0.3) is 0 Å². The average molecular weight is 189 g/mol. The fourth-order valence-electron chi connectivity index (χ4n) is 1.78. The molecule has 0 saturated carbocycles. The smallest absolute Gasteiger partial charge is 0.0789 e. The highest BCUT2D eigenvalue weighted by Gasteiger charge is 2.12. The first kappa shape index (κ1) is 9.06. The molecule has 0 bridgehead atoms. The predicted octanol–water partition coefficient (Wildman–Crippen LogP) is 1.82. The first-order valence-corrected chi connectivity index (χ1v) is 4.87. The Hall–Kier alpha value is -1.51. The van der Waals surface area contributed by atoms with E-state index in [0.717, 1.165) is 30.9 Å². The van der Waals surface area contributed by atoms with E-state index in [1.54, 1.807) is 6.20 Å². The van der Waals surface area contributed by atoms with E-state index < -0.39 is 0 Å². The number of rotatable bonds is 1. The van der Waals surface area contributed by atoms with Gasteiger partial charge in [-0.25, -0.2) is 0 Å². The number of nitrogens with two attached hydrogens (primary N) is 1. The van der Waals surface area contributed by atoms with Gasteiger partial charge >= 0.3 is 0 Å². The summed E-state index contributed by atoms with van der Waals surface area (Å²) in [5, 5.41) is 0. The Balaban J connectivity index is 2.24.